The van der Waals surface area contributed by atoms with Gasteiger partial charge in [0.05, 0.1) is 6.26 Å². The molecule has 1 aliphatic rings. The number of amides is 1. The third kappa shape index (κ3) is 3.04. The van der Waals surface area contributed by atoms with E-state index < -0.39 is 0 Å². The van der Waals surface area contributed by atoms with E-state index in [1.54, 1.807) is 18.4 Å². The van der Waals surface area contributed by atoms with Crippen LogP contribution in [0.25, 0.3) is 11.6 Å². The predicted molar refractivity (Wildman–Crippen MR) is 78.7 cm³/mol. The van der Waals surface area contributed by atoms with Crippen LogP contribution in [0, 0.1) is 5.92 Å². The molecule has 7 nitrogen and oxygen atoms in total. The highest BCUT2D eigenvalue weighted by atomic mass is 16.5. The van der Waals surface area contributed by atoms with Gasteiger partial charge in [0.1, 0.15) is 0 Å². The highest BCUT2D eigenvalue weighted by Gasteiger charge is 2.31. The zero-order valence-electron chi connectivity index (χ0n) is 12.6. The molecule has 118 valence electrons. The molecule has 0 saturated carbocycles. The van der Waals surface area contributed by atoms with Crippen LogP contribution in [0.15, 0.2) is 27.3 Å². The average Bonchev–Trinajstić information content (AvgIpc) is 3.24. The lowest BCUT2D eigenvalue weighted by Crippen LogP contribution is -2.34. The molecule has 22 heavy (non-hydrogen) atoms. The van der Waals surface area contributed by atoms with Crippen LogP contribution in [0.4, 0.5) is 0 Å². The van der Waals surface area contributed by atoms with Crippen LogP contribution in [-0.4, -0.2) is 40.1 Å². The minimum atomic E-state index is 0.112. The molecule has 0 spiro atoms. The highest BCUT2D eigenvalue weighted by Crippen LogP contribution is 2.23. The van der Waals surface area contributed by atoms with E-state index in [0.717, 1.165) is 13.0 Å². The molecule has 0 radical (unpaired) electrons. The Balaban J connectivity index is 1.55. The number of nitrogens with zero attached hydrogens (tertiary/aromatic N) is 3. The molecule has 3 rings (SSSR count). The average molecular weight is 304 g/mol. The second kappa shape index (κ2) is 6.31. The summed E-state index contributed by atoms with van der Waals surface area (Å²) in [6.07, 6.45) is 3.33. The van der Waals surface area contributed by atoms with Crippen LogP contribution < -0.4 is 5.73 Å². The van der Waals surface area contributed by atoms with Crippen LogP contribution in [-0.2, 0) is 11.2 Å². The summed E-state index contributed by atoms with van der Waals surface area (Å²) >= 11 is 0. The number of nitrogens with two attached hydrogens (primary N) is 1. The molecule has 1 saturated heterocycles. The highest BCUT2D eigenvalue weighted by molar-refractivity contribution is 5.77. The zero-order chi connectivity index (χ0) is 15.5. The fourth-order valence-corrected chi connectivity index (χ4v) is 2.88. The number of hydrogen-bond acceptors (Lipinski definition) is 6. The maximum Gasteiger partial charge on any atom is 0.238 e. The van der Waals surface area contributed by atoms with Crippen molar-refractivity contribution >= 4 is 5.91 Å². The Bertz CT molecular complexity index is 623. The summed E-state index contributed by atoms with van der Waals surface area (Å²) in [5.41, 5.74) is 5.69. The van der Waals surface area contributed by atoms with Crippen molar-refractivity contribution in [1.82, 2.24) is 15.0 Å². The van der Waals surface area contributed by atoms with Crippen LogP contribution in [0.5, 0.6) is 0 Å². The van der Waals surface area contributed by atoms with E-state index in [4.69, 9.17) is 14.7 Å². The van der Waals surface area contributed by atoms with Gasteiger partial charge in [-0.1, -0.05) is 5.16 Å². The van der Waals surface area contributed by atoms with Gasteiger partial charge in [0.25, 0.3) is 0 Å². The molecule has 1 fully saturated rings. The number of hydrogen-bond donors (Lipinski definition) is 1. The van der Waals surface area contributed by atoms with Crippen molar-refractivity contribution in [2.75, 3.05) is 13.1 Å². The Morgan fingerprint density at radius 3 is 3.09 bits per heavy atom. The Kier molecular flexibility index (Phi) is 4.24. The number of rotatable bonds is 5. The number of carbonyl (C=O) groups is 1. The molecule has 3 heterocycles. The van der Waals surface area contributed by atoms with Gasteiger partial charge in [0, 0.05) is 25.4 Å². The third-order valence-electron chi connectivity index (χ3n) is 4.08. The SMILES string of the molecule is CC1CC(CN)CN1C(=O)CCc1nc(-c2ccco2)no1. The Morgan fingerprint density at radius 2 is 2.41 bits per heavy atom. The van der Waals surface area contributed by atoms with Crippen molar-refractivity contribution in [3.63, 3.8) is 0 Å². The molecule has 0 aromatic carbocycles. The van der Waals surface area contributed by atoms with E-state index in [9.17, 15) is 4.79 Å². The minimum absolute atomic E-state index is 0.112. The minimum Gasteiger partial charge on any atom is -0.461 e. The maximum atomic E-state index is 12.3. The van der Waals surface area contributed by atoms with Gasteiger partial charge in [-0.3, -0.25) is 4.79 Å². The first-order chi connectivity index (χ1) is 10.7. The lowest BCUT2D eigenvalue weighted by Gasteiger charge is -2.21. The maximum absolute atomic E-state index is 12.3. The number of aryl methyl sites for hydroxylation is 1. The molecule has 1 aliphatic heterocycles. The normalized spacial score (nSPS) is 21.5. The number of carbonyl (C=O) groups excluding carboxylic acids is 1. The molecule has 1 amide bonds. The number of aromatic nitrogens is 2. The molecule has 2 unspecified atom stereocenters. The summed E-state index contributed by atoms with van der Waals surface area (Å²) < 4.78 is 10.4. The Labute approximate surface area is 128 Å². The smallest absolute Gasteiger partial charge is 0.238 e. The first-order valence-corrected chi connectivity index (χ1v) is 7.53. The fourth-order valence-electron chi connectivity index (χ4n) is 2.88. The van der Waals surface area contributed by atoms with E-state index in [1.165, 1.54) is 0 Å². The first kappa shape index (κ1) is 14.8. The topological polar surface area (TPSA) is 98.4 Å². The van der Waals surface area contributed by atoms with Crippen molar-refractivity contribution in [2.45, 2.75) is 32.2 Å². The molecule has 7 heteroatoms. The molecular weight excluding hydrogens is 284 g/mol. The first-order valence-electron chi connectivity index (χ1n) is 7.53. The second-order valence-corrected chi connectivity index (χ2v) is 5.72. The van der Waals surface area contributed by atoms with Crippen molar-refractivity contribution in [3.8, 4) is 11.6 Å². The van der Waals surface area contributed by atoms with Gasteiger partial charge >= 0.3 is 0 Å². The van der Waals surface area contributed by atoms with Gasteiger partial charge in [-0.25, -0.2) is 0 Å². The van der Waals surface area contributed by atoms with Gasteiger partial charge in [-0.05, 0) is 37.9 Å². The summed E-state index contributed by atoms with van der Waals surface area (Å²) in [5.74, 6) is 1.93. The summed E-state index contributed by atoms with van der Waals surface area (Å²) in [5, 5.41) is 3.85. The lowest BCUT2D eigenvalue weighted by molar-refractivity contribution is -0.131. The zero-order valence-corrected chi connectivity index (χ0v) is 12.6. The second-order valence-electron chi connectivity index (χ2n) is 5.72. The molecule has 2 atom stereocenters. The molecule has 0 aliphatic carbocycles. The van der Waals surface area contributed by atoms with Gasteiger partial charge in [-0.2, -0.15) is 4.98 Å². The van der Waals surface area contributed by atoms with Crippen molar-refractivity contribution < 1.29 is 13.7 Å². The molecule has 0 bridgehead atoms. The van der Waals surface area contributed by atoms with E-state index in [1.807, 2.05) is 4.90 Å². The van der Waals surface area contributed by atoms with Crippen LogP contribution in [0.2, 0.25) is 0 Å². The van der Waals surface area contributed by atoms with E-state index >= 15 is 0 Å². The van der Waals surface area contributed by atoms with Gasteiger partial charge in [0.15, 0.2) is 5.76 Å². The van der Waals surface area contributed by atoms with Crippen molar-refractivity contribution in [2.24, 2.45) is 11.7 Å². The Hall–Kier alpha value is -2.15. The third-order valence-corrected chi connectivity index (χ3v) is 4.08. The standard InChI is InChI=1S/C15H20N4O3/c1-10-7-11(8-16)9-19(10)14(20)5-4-13-17-15(18-22-13)12-3-2-6-21-12/h2-3,6,10-11H,4-5,7-9,16H2,1H3. The monoisotopic (exact) mass is 304 g/mol. The van der Waals surface area contributed by atoms with E-state index in [-0.39, 0.29) is 11.9 Å². The van der Waals surface area contributed by atoms with E-state index in [0.29, 0.717) is 42.8 Å². The van der Waals surface area contributed by atoms with Gasteiger partial charge in [0.2, 0.25) is 17.6 Å². The predicted octanol–water partition coefficient (Wildman–Crippen LogP) is 1.46. The molecule has 2 aromatic heterocycles. The van der Waals surface area contributed by atoms with Gasteiger partial charge in [-0.15, -0.1) is 0 Å². The van der Waals surface area contributed by atoms with Crippen molar-refractivity contribution in [3.05, 3.63) is 24.3 Å². The quantitative estimate of drug-likeness (QED) is 0.898. The van der Waals surface area contributed by atoms with E-state index in [2.05, 4.69) is 17.1 Å². The van der Waals surface area contributed by atoms with Gasteiger partial charge < -0.3 is 19.6 Å². The number of likely N-dealkylation sites (tertiary alicyclic amines) is 1. The fraction of sp³-hybridized carbons (Fsp3) is 0.533. The van der Waals surface area contributed by atoms with Crippen LogP contribution >= 0.6 is 0 Å². The van der Waals surface area contributed by atoms with Crippen LogP contribution in [0.3, 0.4) is 0 Å². The summed E-state index contributed by atoms with van der Waals surface area (Å²) in [7, 11) is 0. The van der Waals surface area contributed by atoms with Crippen LogP contribution in [0.1, 0.15) is 25.7 Å². The lowest BCUT2D eigenvalue weighted by atomic mass is 10.1. The summed E-state index contributed by atoms with van der Waals surface area (Å²) in [6.45, 7) is 3.44. The molecule has 2 N–H and O–H groups in total. The molecule has 2 aromatic rings. The Morgan fingerprint density at radius 1 is 1.55 bits per heavy atom. The summed E-state index contributed by atoms with van der Waals surface area (Å²) in [4.78, 5) is 18.4. The number of furan rings is 1. The summed E-state index contributed by atoms with van der Waals surface area (Å²) in [6, 6.07) is 3.78. The van der Waals surface area contributed by atoms with Crippen molar-refractivity contribution in [1.29, 1.82) is 0 Å². The largest absolute Gasteiger partial charge is 0.461 e. The molecular formula is C15H20N4O3.